The first kappa shape index (κ1) is 14.2. The van der Waals surface area contributed by atoms with Crippen molar-refractivity contribution in [1.82, 2.24) is 10.2 Å². The quantitative estimate of drug-likeness (QED) is 0.719. The molecule has 0 aliphatic rings. The molecule has 6 nitrogen and oxygen atoms in total. The molecule has 0 aliphatic heterocycles. The first-order valence-corrected chi connectivity index (χ1v) is 5.77. The van der Waals surface area contributed by atoms with Crippen LogP contribution >= 0.6 is 0 Å². The third-order valence-corrected chi connectivity index (χ3v) is 2.86. The van der Waals surface area contributed by atoms with E-state index >= 15 is 0 Å². The number of nitrogens with one attached hydrogen (secondary N) is 1. The fourth-order valence-electron chi connectivity index (χ4n) is 1.79. The van der Waals surface area contributed by atoms with Crippen LogP contribution < -0.4 is 0 Å². The van der Waals surface area contributed by atoms with Crippen LogP contribution in [0, 0.1) is 5.82 Å². The van der Waals surface area contributed by atoms with Crippen LogP contribution in [0.1, 0.15) is 11.7 Å². The number of esters is 1. The zero-order valence-corrected chi connectivity index (χ0v) is 10.6. The van der Waals surface area contributed by atoms with Gasteiger partial charge in [-0.25, -0.2) is 9.18 Å². The second kappa shape index (κ2) is 5.81. The lowest BCUT2D eigenvalue weighted by Gasteiger charge is -2.15. The molecular formula is C13H13FN2O4. The van der Waals surface area contributed by atoms with Gasteiger partial charge in [0.05, 0.1) is 19.0 Å². The van der Waals surface area contributed by atoms with Crippen LogP contribution in [0.5, 0.6) is 0 Å². The van der Waals surface area contributed by atoms with E-state index in [2.05, 4.69) is 14.9 Å². The van der Waals surface area contributed by atoms with Gasteiger partial charge >= 0.3 is 5.97 Å². The molecule has 2 rings (SSSR count). The van der Waals surface area contributed by atoms with Crippen LogP contribution in [0.4, 0.5) is 4.39 Å². The normalized spacial score (nSPS) is 13.8. The Labute approximate surface area is 113 Å². The van der Waals surface area contributed by atoms with E-state index in [1.807, 2.05) is 0 Å². The average molecular weight is 280 g/mol. The van der Waals surface area contributed by atoms with Gasteiger partial charge in [0.25, 0.3) is 0 Å². The molecule has 2 aromatic rings. The predicted molar refractivity (Wildman–Crippen MR) is 67.0 cm³/mol. The maximum atomic E-state index is 12.9. The molecule has 0 saturated carbocycles. The van der Waals surface area contributed by atoms with E-state index in [0.717, 1.165) is 7.11 Å². The number of aliphatic hydroxyl groups is 2. The molecule has 1 aromatic carbocycles. The van der Waals surface area contributed by atoms with E-state index < -0.39 is 24.0 Å². The lowest BCUT2D eigenvalue weighted by molar-refractivity contribution is -0.156. The number of methoxy groups -OCH3 is 1. The van der Waals surface area contributed by atoms with Crippen molar-refractivity contribution in [2.75, 3.05) is 7.11 Å². The molecular weight excluding hydrogens is 267 g/mol. The second-order valence-corrected chi connectivity index (χ2v) is 4.12. The lowest BCUT2D eigenvalue weighted by atomic mass is 10.0. The van der Waals surface area contributed by atoms with Gasteiger partial charge in [-0.15, -0.1) is 0 Å². The highest BCUT2D eigenvalue weighted by Gasteiger charge is 2.29. The van der Waals surface area contributed by atoms with E-state index in [9.17, 15) is 19.4 Å². The summed E-state index contributed by atoms with van der Waals surface area (Å²) < 4.78 is 17.3. The molecule has 0 aliphatic carbocycles. The molecule has 2 unspecified atom stereocenters. The number of carbonyl (C=O) groups is 1. The lowest BCUT2D eigenvalue weighted by Crippen LogP contribution is -2.29. The minimum Gasteiger partial charge on any atom is -0.467 e. The van der Waals surface area contributed by atoms with E-state index in [1.54, 1.807) is 0 Å². The summed E-state index contributed by atoms with van der Waals surface area (Å²) in [4.78, 5) is 11.2. The number of H-pyrrole nitrogens is 1. The predicted octanol–water partition coefficient (Wildman–Crippen LogP) is 0.783. The fourth-order valence-corrected chi connectivity index (χ4v) is 1.79. The van der Waals surface area contributed by atoms with Crippen molar-refractivity contribution in [3.63, 3.8) is 0 Å². The average Bonchev–Trinajstić information content (AvgIpc) is 2.95. The minimum absolute atomic E-state index is 0.217. The molecule has 1 heterocycles. The summed E-state index contributed by atoms with van der Waals surface area (Å²) in [6.07, 6.45) is -1.94. The Morgan fingerprint density at radius 2 is 2.00 bits per heavy atom. The van der Waals surface area contributed by atoms with E-state index in [0.29, 0.717) is 11.3 Å². The number of hydrogen-bond donors (Lipinski definition) is 3. The molecule has 1 aromatic heterocycles. The summed E-state index contributed by atoms with van der Waals surface area (Å²) in [7, 11) is 1.11. The molecule has 0 fully saturated rings. The van der Waals surface area contributed by atoms with Gasteiger partial charge in [-0.05, 0) is 24.3 Å². The van der Waals surface area contributed by atoms with Gasteiger partial charge in [0.1, 0.15) is 11.9 Å². The molecule has 0 amide bonds. The molecule has 20 heavy (non-hydrogen) atoms. The van der Waals surface area contributed by atoms with Crippen LogP contribution in [0.2, 0.25) is 0 Å². The summed E-state index contributed by atoms with van der Waals surface area (Å²) in [5.41, 5.74) is 1.17. The van der Waals surface area contributed by atoms with Crippen LogP contribution in [-0.2, 0) is 9.53 Å². The first-order valence-electron chi connectivity index (χ1n) is 5.77. The van der Waals surface area contributed by atoms with Crippen molar-refractivity contribution < 1.29 is 24.1 Å². The highest BCUT2D eigenvalue weighted by atomic mass is 19.1. The Hall–Kier alpha value is -2.25. The van der Waals surface area contributed by atoms with Crippen molar-refractivity contribution in [2.24, 2.45) is 0 Å². The summed E-state index contributed by atoms with van der Waals surface area (Å²) in [6, 6.07) is 5.49. The topological polar surface area (TPSA) is 95.4 Å². The number of nitrogens with zero attached hydrogens (tertiary/aromatic N) is 1. The number of hydrogen-bond acceptors (Lipinski definition) is 5. The Kier molecular flexibility index (Phi) is 4.11. The van der Waals surface area contributed by atoms with Gasteiger partial charge in [0, 0.05) is 11.1 Å². The highest BCUT2D eigenvalue weighted by molar-refractivity contribution is 5.76. The van der Waals surface area contributed by atoms with Gasteiger partial charge in [-0.3, -0.25) is 5.10 Å². The van der Waals surface area contributed by atoms with Crippen LogP contribution in [0.25, 0.3) is 11.3 Å². The van der Waals surface area contributed by atoms with E-state index in [4.69, 9.17) is 0 Å². The summed E-state index contributed by atoms with van der Waals surface area (Å²) in [5, 5.41) is 26.0. The first-order chi connectivity index (χ1) is 9.54. The highest BCUT2D eigenvalue weighted by Crippen LogP contribution is 2.28. The molecule has 2 atom stereocenters. The van der Waals surface area contributed by atoms with Crippen LogP contribution in [-0.4, -0.2) is 39.6 Å². The van der Waals surface area contributed by atoms with E-state index in [1.165, 1.54) is 30.5 Å². The monoisotopic (exact) mass is 280 g/mol. The smallest absolute Gasteiger partial charge is 0.337 e. The Morgan fingerprint density at radius 3 is 2.60 bits per heavy atom. The zero-order chi connectivity index (χ0) is 14.7. The van der Waals surface area contributed by atoms with Gasteiger partial charge in [0.15, 0.2) is 6.10 Å². The van der Waals surface area contributed by atoms with Crippen molar-refractivity contribution >= 4 is 5.97 Å². The number of carbonyl (C=O) groups excluding carboxylic acids is 1. The van der Waals surface area contributed by atoms with Gasteiger partial charge < -0.3 is 14.9 Å². The fraction of sp³-hybridized carbons (Fsp3) is 0.231. The Bertz CT molecular complexity index is 597. The third kappa shape index (κ3) is 2.68. The number of aromatic nitrogens is 2. The van der Waals surface area contributed by atoms with Crippen LogP contribution in [0.3, 0.4) is 0 Å². The molecule has 7 heteroatoms. The van der Waals surface area contributed by atoms with E-state index in [-0.39, 0.29) is 5.56 Å². The largest absolute Gasteiger partial charge is 0.467 e. The number of halogens is 1. The molecule has 0 spiro atoms. The number of benzene rings is 1. The van der Waals surface area contributed by atoms with Gasteiger partial charge in [0.2, 0.25) is 0 Å². The molecule has 106 valence electrons. The molecule has 0 saturated heterocycles. The summed E-state index contributed by atoms with van der Waals surface area (Å²) in [6.45, 7) is 0. The minimum atomic E-state index is -1.73. The van der Waals surface area contributed by atoms with Gasteiger partial charge in [-0.2, -0.15) is 5.10 Å². The number of aromatic amines is 1. The van der Waals surface area contributed by atoms with Crippen molar-refractivity contribution in [3.05, 3.63) is 41.8 Å². The summed E-state index contributed by atoms with van der Waals surface area (Å²) in [5.74, 6) is -1.35. The standard InChI is InChI=1S/C13H13FN2O4/c1-20-13(19)12(18)11(17)9-6-15-16-10(9)7-2-4-8(14)5-3-7/h2-6,11-12,17-18H,1H3,(H,15,16). The molecule has 0 radical (unpaired) electrons. The third-order valence-electron chi connectivity index (χ3n) is 2.86. The SMILES string of the molecule is COC(=O)C(O)C(O)c1cn[nH]c1-c1ccc(F)cc1. The van der Waals surface area contributed by atoms with Gasteiger partial charge in [-0.1, -0.05) is 0 Å². The zero-order valence-electron chi connectivity index (χ0n) is 10.6. The maximum Gasteiger partial charge on any atom is 0.337 e. The molecule has 3 N–H and O–H groups in total. The Balaban J connectivity index is 2.33. The molecule has 0 bridgehead atoms. The van der Waals surface area contributed by atoms with Crippen molar-refractivity contribution in [1.29, 1.82) is 0 Å². The summed E-state index contributed by atoms with van der Waals surface area (Å²) >= 11 is 0. The van der Waals surface area contributed by atoms with Crippen molar-refractivity contribution in [2.45, 2.75) is 12.2 Å². The Morgan fingerprint density at radius 1 is 1.35 bits per heavy atom. The number of ether oxygens (including phenoxy) is 1. The number of aliphatic hydroxyl groups excluding tert-OH is 2. The number of rotatable bonds is 4. The van der Waals surface area contributed by atoms with Crippen LogP contribution in [0.15, 0.2) is 30.5 Å². The van der Waals surface area contributed by atoms with Crippen molar-refractivity contribution in [3.8, 4) is 11.3 Å². The maximum absolute atomic E-state index is 12.9. The second-order valence-electron chi connectivity index (χ2n) is 4.12.